The molecule has 0 aliphatic rings. The Hall–Kier alpha value is -0.540. The van der Waals surface area contributed by atoms with Crippen molar-refractivity contribution in [1.29, 1.82) is 0 Å². The summed E-state index contributed by atoms with van der Waals surface area (Å²) in [5.74, 6) is -0.527. The van der Waals surface area contributed by atoms with Crippen LogP contribution in [0.2, 0.25) is 0 Å². The third kappa shape index (κ3) is 2.23. The number of benzene rings is 1. The molecule has 0 aliphatic heterocycles. The van der Waals surface area contributed by atoms with E-state index in [0.29, 0.717) is 5.56 Å². The second kappa shape index (κ2) is 4.11. The summed E-state index contributed by atoms with van der Waals surface area (Å²) in [5, 5.41) is 0. The van der Waals surface area contributed by atoms with Crippen molar-refractivity contribution in [2.24, 2.45) is 0 Å². The summed E-state index contributed by atoms with van der Waals surface area (Å²) in [5.41, 5.74) is 0.656. The highest BCUT2D eigenvalue weighted by molar-refractivity contribution is 9.10. The molecule has 0 bridgehead atoms. The second-order valence-corrected chi connectivity index (χ2v) is 4.64. The van der Waals surface area contributed by atoms with Crippen LogP contribution in [0.25, 0.3) is 0 Å². The van der Waals surface area contributed by atoms with E-state index in [1.807, 2.05) is 6.07 Å². The van der Waals surface area contributed by atoms with Gasteiger partial charge in [0.15, 0.2) is 0 Å². The van der Waals surface area contributed by atoms with Gasteiger partial charge in [-0.05, 0) is 21.5 Å². The van der Waals surface area contributed by atoms with E-state index in [0.717, 1.165) is 0 Å². The first-order valence-electron chi connectivity index (χ1n) is 3.61. The molecule has 0 radical (unpaired) electrons. The van der Waals surface area contributed by atoms with Crippen molar-refractivity contribution < 1.29 is 9.53 Å². The molecule has 0 aromatic heterocycles. The Bertz CT molecular complexity index is 298. The molecular formula is C9H8BrClO2. The zero-order chi connectivity index (χ0) is 9.90. The summed E-state index contributed by atoms with van der Waals surface area (Å²) in [6.07, 6.45) is 0. The first-order chi connectivity index (χ1) is 6.09. The van der Waals surface area contributed by atoms with Crippen LogP contribution in [0, 0.1) is 0 Å². The summed E-state index contributed by atoms with van der Waals surface area (Å²) >= 11 is 9.06. The molecule has 13 heavy (non-hydrogen) atoms. The van der Waals surface area contributed by atoms with E-state index in [9.17, 15) is 4.79 Å². The van der Waals surface area contributed by atoms with E-state index in [-0.39, 0.29) is 0 Å². The second-order valence-electron chi connectivity index (χ2n) is 2.43. The molecule has 0 heterocycles. The van der Waals surface area contributed by atoms with Crippen LogP contribution in [-0.4, -0.2) is 13.1 Å². The molecule has 0 aliphatic carbocycles. The van der Waals surface area contributed by atoms with E-state index in [2.05, 4.69) is 20.7 Å². The fourth-order valence-electron chi connectivity index (χ4n) is 0.894. The topological polar surface area (TPSA) is 26.3 Å². The van der Waals surface area contributed by atoms with Crippen molar-refractivity contribution in [1.82, 2.24) is 0 Å². The van der Waals surface area contributed by atoms with E-state index in [4.69, 9.17) is 11.6 Å². The van der Waals surface area contributed by atoms with Crippen LogP contribution < -0.4 is 0 Å². The quantitative estimate of drug-likeness (QED) is 0.606. The molecule has 0 N–H and O–H groups in total. The standard InChI is InChI=1S/C9H8BrClO2/c1-13-8(12)9(10,11)7-5-3-2-4-6-7/h2-6H,1H3. The lowest BCUT2D eigenvalue weighted by Crippen LogP contribution is -2.24. The Balaban J connectivity index is 3.00. The average molecular weight is 264 g/mol. The molecule has 0 amide bonds. The van der Waals surface area contributed by atoms with Crippen molar-refractivity contribution in [2.45, 2.75) is 3.78 Å². The number of hydrogen-bond acceptors (Lipinski definition) is 2. The minimum atomic E-state index is -1.27. The van der Waals surface area contributed by atoms with Gasteiger partial charge in [-0.1, -0.05) is 41.9 Å². The maximum atomic E-state index is 11.2. The number of methoxy groups -OCH3 is 1. The highest BCUT2D eigenvalue weighted by Crippen LogP contribution is 2.36. The Morgan fingerprint density at radius 1 is 1.46 bits per heavy atom. The van der Waals surface area contributed by atoms with E-state index >= 15 is 0 Å². The molecule has 1 rings (SSSR count). The monoisotopic (exact) mass is 262 g/mol. The molecule has 1 aromatic rings. The van der Waals surface area contributed by atoms with Crippen LogP contribution in [0.3, 0.4) is 0 Å². The van der Waals surface area contributed by atoms with Crippen LogP contribution in [0.15, 0.2) is 30.3 Å². The molecule has 1 unspecified atom stereocenters. The minimum absolute atomic E-state index is 0.527. The fourth-order valence-corrected chi connectivity index (χ4v) is 1.52. The number of rotatable bonds is 2. The normalized spacial score (nSPS) is 14.7. The zero-order valence-corrected chi connectivity index (χ0v) is 9.30. The van der Waals surface area contributed by atoms with Crippen molar-refractivity contribution in [3.05, 3.63) is 35.9 Å². The average Bonchev–Trinajstić information content (AvgIpc) is 2.18. The first kappa shape index (κ1) is 10.5. The molecule has 1 aromatic carbocycles. The lowest BCUT2D eigenvalue weighted by molar-refractivity contribution is -0.141. The molecule has 0 saturated carbocycles. The summed E-state index contributed by atoms with van der Waals surface area (Å²) < 4.78 is 3.28. The van der Waals surface area contributed by atoms with Gasteiger partial charge in [-0.25, -0.2) is 4.79 Å². The van der Waals surface area contributed by atoms with E-state index in [1.165, 1.54) is 7.11 Å². The summed E-state index contributed by atoms with van der Waals surface area (Å²) in [6, 6.07) is 8.95. The van der Waals surface area contributed by atoms with Crippen LogP contribution in [-0.2, 0) is 13.3 Å². The van der Waals surface area contributed by atoms with Gasteiger partial charge in [0.1, 0.15) is 0 Å². The molecule has 4 heteroatoms. The van der Waals surface area contributed by atoms with Gasteiger partial charge in [0.25, 0.3) is 0 Å². The Kier molecular flexibility index (Phi) is 3.33. The number of esters is 1. The van der Waals surface area contributed by atoms with Crippen molar-refractivity contribution in [3.8, 4) is 0 Å². The molecule has 2 nitrogen and oxygen atoms in total. The SMILES string of the molecule is COC(=O)C(Cl)(Br)c1ccccc1. The molecule has 0 saturated heterocycles. The summed E-state index contributed by atoms with van der Waals surface area (Å²) in [7, 11) is 1.30. The predicted molar refractivity (Wildman–Crippen MR) is 54.9 cm³/mol. The Morgan fingerprint density at radius 2 is 2.00 bits per heavy atom. The molecule has 0 spiro atoms. The van der Waals surface area contributed by atoms with Crippen molar-refractivity contribution >= 4 is 33.5 Å². The molecular weight excluding hydrogens is 255 g/mol. The predicted octanol–water partition coefficient (Wildman–Crippen LogP) is 2.65. The summed E-state index contributed by atoms with van der Waals surface area (Å²) in [6.45, 7) is 0. The van der Waals surface area contributed by atoms with E-state index in [1.54, 1.807) is 24.3 Å². The van der Waals surface area contributed by atoms with Crippen molar-refractivity contribution in [2.75, 3.05) is 7.11 Å². The largest absolute Gasteiger partial charge is 0.467 e. The maximum Gasteiger partial charge on any atom is 0.342 e. The highest BCUT2D eigenvalue weighted by atomic mass is 79.9. The first-order valence-corrected chi connectivity index (χ1v) is 4.78. The van der Waals surface area contributed by atoms with Crippen molar-refractivity contribution in [3.63, 3.8) is 0 Å². The molecule has 1 atom stereocenters. The third-order valence-corrected chi connectivity index (χ3v) is 2.73. The fraction of sp³-hybridized carbons (Fsp3) is 0.222. The molecule has 70 valence electrons. The number of ether oxygens (including phenoxy) is 1. The molecule has 0 fully saturated rings. The third-order valence-electron chi connectivity index (χ3n) is 1.58. The Morgan fingerprint density at radius 3 is 2.46 bits per heavy atom. The smallest absolute Gasteiger partial charge is 0.342 e. The lowest BCUT2D eigenvalue weighted by atomic mass is 10.1. The number of carbonyl (C=O) groups excluding carboxylic acids is 1. The van der Waals surface area contributed by atoms with Gasteiger partial charge >= 0.3 is 5.97 Å². The number of alkyl halides is 2. The van der Waals surface area contributed by atoms with Crippen LogP contribution in [0.5, 0.6) is 0 Å². The van der Waals surface area contributed by atoms with Crippen LogP contribution >= 0.6 is 27.5 Å². The van der Waals surface area contributed by atoms with E-state index < -0.39 is 9.75 Å². The van der Waals surface area contributed by atoms with Gasteiger partial charge in [0, 0.05) is 0 Å². The van der Waals surface area contributed by atoms with Gasteiger partial charge in [0.2, 0.25) is 3.78 Å². The highest BCUT2D eigenvalue weighted by Gasteiger charge is 2.36. The zero-order valence-electron chi connectivity index (χ0n) is 6.96. The van der Waals surface area contributed by atoms with Crippen LogP contribution in [0.1, 0.15) is 5.56 Å². The van der Waals surface area contributed by atoms with Gasteiger partial charge in [0.05, 0.1) is 7.11 Å². The summed E-state index contributed by atoms with van der Waals surface area (Å²) in [4.78, 5) is 11.2. The number of halogens is 2. The van der Waals surface area contributed by atoms with Gasteiger partial charge in [-0.2, -0.15) is 0 Å². The lowest BCUT2D eigenvalue weighted by Gasteiger charge is -2.16. The van der Waals surface area contributed by atoms with Gasteiger partial charge in [-0.15, -0.1) is 0 Å². The van der Waals surface area contributed by atoms with Gasteiger partial charge < -0.3 is 4.74 Å². The van der Waals surface area contributed by atoms with Gasteiger partial charge in [-0.3, -0.25) is 0 Å². The number of carbonyl (C=O) groups is 1. The van der Waals surface area contributed by atoms with Crippen LogP contribution in [0.4, 0.5) is 0 Å². The number of hydrogen-bond donors (Lipinski definition) is 0. The minimum Gasteiger partial charge on any atom is -0.467 e. The maximum absolute atomic E-state index is 11.2. The Labute approximate surface area is 90.0 Å².